The number of carbonyl (C=O) groups excluding carboxylic acids is 1. The molecule has 1 rings (SSSR count). The highest BCUT2D eigenvalue weighted by Gasteiger charge is 2.13. The number of ether oxygens (including phenoxy) is 1. The Labute approximate surface area is 102 Å². The molecule has 0 atom stereocenters. The van der Waals surface area contributed by atoms with Crippen molar-refractivity contribution in [3.8, 4) is 0 Å². The van der Waals surface area contributed by atoms with Crippen LogP contribution in [0.3, 0.4) is 0 Å². The second kappa shape index (κ2) is 7.01. The Morgan fingerprint density at radius 1 is 1.53 bits per heavy atom. The molecule has 0 aliphatic rings. The van der Waals surface area contributed by atoms with Gasteiger partial charge in [0.2, 0.25) is 0 Å². The highest BCUT2D eigenvalue weighted by molar-refractivity contribution is 5.71. The molecule has 96 valence electrons. The van der Waals surface area contributed by atoms with Crippen molar-refractivity contribution in [1.29, 1.82) is 0 Å². The summed E-state index contributed by atoms with van der Waals surface area (Å²) in [6, 6.07) is 0. The molecule has 0 N–H and O–H groups in total. The van der Waals surface area contributed by atoms with E-state index in [2.05, 4.69) is 17.1 Å². The molecule has 0 unspecified atom stereocenters. The van der Waals surface area contributed by atoms with Crippen LogP contribution in [0.5, 0.6) is 0 Å². The van der Waals surface area contributed by atoms with Crippen molar-refractivity contribution in [3.05, 3.63) is 12.2 Å². The smallest absolute Gasteiger partial charge is 0.320 e. The van der Waals surface area contributed by atoms with Gasteiger partial charge < -0.3 is 9.30 Å². The summed E-state index contributed by atoms with van der Waals surface area (Å²) < 4.78 is 6.80. The van der Waals surface area contributed by atoms with Gasteiger partial charge in [0.1, 0.15) is 12.2 Å². The first-order valence-corrected chi connectivity index (χ1v) is 5.88. The number of hydrogen-bond acceptors (Lipinski definition) is 5. The van der Waals surface area contributed by atoms with Gasteiger partial charge in [0.05, 0.1) is 19.7 Å². The van der Waals surface area contributed by atoms with Crippen LogP contribution < -0.4 is 0 Å². The Hall–Kier alpha value is -1.43. The van der Waals surface area contributed by atoms with Crippen LogP contribution in [0, 0.1) is 0 Å². The lowest BCUT2D eigenvalue weighted by molar-refractivity contribution is -0.144. The molecule has 0 aromatic carbocycles. The second-order valence-corrected chi connectivity index (χ2v) is 3.87. The van der Waals surface area contributed by atoms with E-state index >= 15 is 0 Å². The predicted octanol–water partition coefficient (Wildman–Crippen LogP) is 0.590. The third kappa shape index (κ3) is 4.52. The zero-order chi connectivity index (χ0) is 12.7. The van der Waals surface area contributed by atoms with Gasteiger partial charge >= 0.3 is 5.97 Å². The van der Waals surface area contributed by atoms with Crippen LogP contribution in [-0.4, -0.2) is 45.3 Å². The fraction of sp³-hybridized carbons (Fsp3) is 0.727. The molecule has 6 heteroatoms. The molecule has 0 aliphatic heterocycles. The number of esters is 1. The summed E-state index contributed by atoms with van der Waals surface area (Å²) in [6.45, 7) is 6.06. The van der Waals surface area contributed by atoms with E-state index in [4.69, 9.17) is 4.74 Å². The Morgan fingerprint density at radius 2 is 2.29 bits per heavy atom. The van der Waals surface area contributed by atoms with Gasteiger partial charge in [0, 0.05) is 7.05 Å². The lowest BCUT2D eigenvalue weighted by Gasteiger charge is -2.19. The fourth-order valence-corrected chi connectivity index (χ4v) is 1.57. The summed E-state index contributed by atoms with van der Waals surface area (Å²) in [4.78, 5) is 13.5. The van der Waals surface area contributed by atoms with Crippen molar-refractivity contribution >= 4 is 5.97 Å². The van der Waals surface area contributed by atoms with Gasteiger partial charge in [-0.2, -0.15) is 0 Å². The first-order chi connectivity index (χ1) is 8.17. The molecular formula is C11H20N4O2. The molecular weight excluding hydrogens is 220 g/mol. The van der Waals surface area contributed by atoms with E-state index in [-0.39, 0.29) is 5.97 Å². The Morgan fingerprint density at radius 3 is 2.82 bits per heavy atom. The molecule has 0 aliphatic carbocycles. The highest BCUT2D eigenvalue weighted by atomic mass is 16.5. The minimum absolute atomic E-state index is 0.192. The first-order valence-electron chi connectivity index (χ1n) is 5.88. The molecule has 1 heterocycles. The molecule has 17 heavy (non-hydrogen) atoms. The number of aromatic nitrogens is 3. The Balaban J connectivity index is 2.54. The summed E-state index contributed by atoms with van der Waals surface area (Å²) in [5.74, 6) is 0.658. The van der Waals surface area contributed by atoms with Crippen LogP contribution >= 0.6 is 0 Å². The zero-order valence-corrected chi connectivity index (χ0v) is 10.7. The van der Waals surface area contributed by atoms with Crippen LogP contribution in [0.4, 0.5) is 0 Å². The molecule has 6 nitrogen and oxygen atoms in total. The number of carbonyl (C=O) groups is 1. The van der Waals surface area contributed by atoms with Gasteiger partial charge in [0.15, 0.2) is 0 Å². The summed E-state index contributed by atoms with van der Waals surface area (Å²) in [5, 5.41) is 7.83. The normalized spacial score (nSPS) is 10.8. The lowest BCUT2D eigenvalue weighted by Crippen LogP contribution is -2.32. The third-order valence-electron chi connectivity index (χ3n) is 2.37. The molecule has 0 saturated heterocycles. The van der Waals surface area contributed by atoms with Crippen LogP contribution in [0.2, 0.25) is 0 Å². The Bertz CT molecular complexity index is 351. The van der Waals surface area contributed by atoms with E-state index in [1.807, 2.05) is 23.4 Å². The van der Waals surface area contributed by atoms with Crippen LogP contribution in [-0.2, 0) is 23.1 Å². The third-order valence-corrected chi connectivity index (χ3v) is 2.37. The topological polar surface area (TPSA) is 60.3 Å². The summed E-state index contributed by atoms with van der Waals surface area (Å²) in [7, 11) is 1.89. The van der Waals surface area contributed by atoms with Gasteiger partial charge in [-0.1, -0.05) is 6.92 Å². The lowest BCUT2D eigenvalue weighted by atomic mass is 10.4. The van der Waals surface area contributed by atoms with Gasteiger partial charge in [-0.05, 0) is 19.9 Å². The van der Waals surface area contributed by atoms with E-state index in [9.17, 15) is 4.79 Å². The molecule has 0 radical (unpaired) electrons. The molecule has 0 amide bonds. The predicted molar refractivity (Wildman–Crippen MR) is 63.2 cm³/mol. The highest BCUT2D eigenvalue weighted by Crippen LogP contribution is 2.01. The monoisotopic (exact) mass is 240 g/mol. The van der Waals surface area contributed by atoms with Crippen LogP contribution in [0.25, 0.3) is 0 Å². The van der Waals surface area contributed by atoms with Crippen molar-refractivity contribution in [2.45, 2.75) is 26.8 Å². The fourth-order valence-electron chi connectivity index (χ4n) is 1.57. The van der Waals surface area contributed by atoms with E-state index in [0.29, 0.717) is 19.7 Å². The number of nitrogens with zero attached hydrogens (tertiary/aromatic N) is 4. The maximum Gasteiger partial charge on any atom is 0.320 e. The molecule has 1 aromatic heterocycles. The van der Waals surface area contributed by atoms with Crippen molar-refractivity contribution in [2.75, 3.05) is 19.7 Å². The van der Waals surface area contributed by atoms with Gasteiger partial charge in [-0.15, -0.1) is 10.2 Å². The van der Waals surface area contributed by atoms with Crippen molar-refractivity contribution in [1.82, 2.24) is 19.7 Å². The van der Waals surface area contributed by atoms with Crippen LogP contribution in [0.1, 0.15) is 26.1 Å². The quantitative estimate of drug-likeness (QED) is 0.653. The van der Waals surface area contributed by atoms with E-state index in [1.165, 1.54) is 0 Å². The maximum atomic E-state index is 11.4. The maximum absolute atomic E-state index is 11.4. The van der Waals surface area contributed by atoms with E-state index in [0.717, 1.165) is 18.8 Å². The SMILES string of the molecule is CCCN(CC(=O)OCC)Cc1nncn1C. The molecule has 0 saturated carbocycles. The molecule has 1 aromatic rings. The van der Waals surface area contributed by atoms with E-state index < -0.39 is 0 Å². The summed E-state index contributed by atoms with van der Waals surface area (Å²) in [6.07, 6.45) is 2.64. The van der Waals surface area contributed by atoms with Gasteiger partial charge in [0.25, 0.3) is 0 Å². The largest absolute Gasteiger partial charge is 0.465 e. The first kappa shape index (κ1) is 13.6. The second-order valence-electron chi connectivity index (χ2n) is 3.87. The molecule has 0 bridgehead atoms. The van der Waals surface area contributed by atoms with Crippen molar-refractivity contribution in [3.63, 3.8) is 0 Å². The zero-order valence-electron chi connectivity index (χ0n) is 10.7. The minimum atomic E-state index is -0.192. The molecule has 0 spiro atoms. The average molecular weight is 240 g/mol. The van der Waals surface area contributed by atoms with Crippen LogP contribution in [0.15, 0.2) is 6.33 Å². The number of rotatable bonds is 7. The number of hydrogen-bond donors (Lipinski definition) is 0. The summed E-state index contributed by atoms with van der Waals surface area (Å²) in [5.41, 5.74) is 0. The minimum Gasteiger partial charge on any atom is -0.465 e. The standard InChI is InChI=1S/C11H20N4O2/c1-4-6-15(8-11(16)17-5-2)7-10-13-12-9-14(10)3/h9H,4-8H2,1-3H3. The Kier molecular flexibility index (Phi) is 5.62. The van der Waals surface area contributed by atoms with Gasteiger partial charge in [-0.3, -0.25) is 9.69 Å². The number of aryl methyl sites for hydroxylation is 1. The summed E-state index contributed by atoms with van der Waals surface area (Å²) >= 11 is 0. The van der Waals surface area contributed by atoms with Crippen molar-refractivity contribution < 1.29 is 9.53 Å². The van der Waals surface area contributed by atoms with E-state index in [1.54, 1.807) is 6.33 Å². The van der Waals surface area contributed by atoms with Gasteiger partial charge in [-0.25, -0.2) is 0 Å². The average Bonchev–Trinajstić information content (AvgIpc) is 2.65. The van der Waals surface area contributed by atoms with Crippen molar-refractivity contribution in [2.24, 2.45) is 7.05 Å². The molecule has 0 fully saturated rings.